The SMILES string of the molecule is C[C@H]1C[C@]2(F)COC[C@]2(c2cc(NC(=O)c3cnc(C(F)F)cn3)ccc2F)N=C1N. The number of aromatic nitrogens is 2. The largest absolute Gasteiger partial charge is 0.387 e. The summed E-state index contributed by atoms with van der Waals surface area (Å²) in [5, 5.41) is 2.48. The zero-order valence-corrected chi connectivity index (χ0v) is 16.4. The summed E-state index contributed by atoms with van der Waals surface area (Å²) in [5.41, 5.74) is 1.58. The average Bonchev–Trinajstić information content (AvgIpc) is 3.06. The molecule has 0 aliphatic carbocycles. The predicted molar refractivity (Wildman–Crippen MR) is 103 cm³/mol. The third-order valence-electron chi connectivity index (χ3n) is 5.64. The van der Waals surface area contributed by atoms with Crippen molar-refractivity contribution in [3.05, 3.63) is 53.4 Å². The first-order valence-corrected chi connectivity index (χ1v) is 9.48. The molecule has 1 amide bonds. The second kappa shape index (κ2) is 7.56. The Hall–Kier alpha value is -3.08. The summed E-state index contributed by atoms with van der Waals surface area (Å²) in [6, 6.07) is 3.63. The van der Waals surface area contributed by atoms with Gasteiger partial charge in [-0.25, -0.2) is 22.5 Å². The fourth-order valence-corrected chi connectivity index (χ4v) is 3.95. The van der Waals surface area contributed by atoms with E-state index in [1.54, 1.807) is 6.92 Å². The maximum atomic E-state index is 15.8. The summed E-state index contributed by atoms with van der Waals surface area (Å²) < 4.78 is 61.2. The van der Waals surface area contributed by atoms with Gasteiger partial charge in [0.2, 0.25) is 0 Å². The van der Waals surface area contributed by atoms with Crippen molar-refractivity contribution in [1.82, 2.24) is 9.97 Å². The van der Waals surface area contributed by atoms with Gasteiger partial charge < -0.3 is 15.8 Å². The Kier molecular flexibility index (Phi) is 5.16. The smallest absolute Gasteiger partial charge is 0.281 e. The number of rotatable bonds is 4. The van der Waals surface area contributed by atoms with Crippen LogP contribution in [0.1, 0.15) is 41.5 Å². The lowest BCUT2D eigenvalue weighted by Crippen LogP contribution is -2.53. The summed E-state index contributed by atoms with van der Waals surface area (Å²) in [6.45, 7) is 1.28. The summed E-state index contributed by atoms with van der Waals surface area (Å²) in [5.74, 6) is -1.61. The standard InChI is InChI=1S/C20H19F4N5O2/c1-10-5-19(24)8-31-9-20(19,29-17(10)25)12-4-11(2-3-13(12)21)28-18(30)15-7-26-14(6-27-15)16(22)23/h2-4,6-7,10,16H,5,8-9H2,1H3,(H2,25,29)(H,28,30)/t10-,19-,20+/m0/s1. The predicted octanol–water partition coefficient (Wildman–Crippen LogP) is 3.14. The Morgan fingerprint density at radius 3 is 2.74 bits per heavy atom. The molecule has 3 N–H and O–H groups in total. The van der Waals surface area contributed by atoms with Crippen molar-refractivity contribution >= 4 is 17.4 Å². The number of carbonyl (C=O) groups is 1. The molecule has 3 heterocycles. The second-order valence-electron chi connectivity index (χ2n) is 7.74. The van der Waals surface area contributed by atoms with Crippen LogP contribution in [0.25, 0.3) is 0 Å². The number of hydrogen-bond acceptors (Lipinski definition) is 6. The monoisotopic (exact) mass is 437 g/mol. The Bertz CT molecular complexity index is 1050. The second-order valence-corrected chi connectivity index (χ2v) is 7.74. The number of hydrogen-bond donors (Lipinski definition) is 2. The number of nitrogens with one attached hydrogen (secondary N) is 1. The van der Waals surface area contributed by atoms with Crippen molar-refractivity contribution in [2.75, 3.05) is 18.5 Å². The van der Waals surface area contributed by atoms with Gasteiger partial charge in [0.1, 0.15) is 22.7 Å². The molecule has 31 heavy (non-hydrogen) atoms. The van der Waals surface area contributed by atoms with E-state index in [0.29, 0.717) is 0 Å². The lowest BCUT2D eigenvalue weighted by Gasteiger charge is -2.41. The molecule has 0 unspecified atom stereocenters. The molecule has 0 bridgehead atoms. The third kappa shape index (κ3) is 3.52. The van der Waals surface area contributed by atoms with E-state index in [4.69, 9.17) is 10.5 Å². The lowest BCUT2D eigenvalue weighted by molar-refractivity contribution is 0.0589. The summed E-state index contributed by atoms with van der Waals surface area (Å²) in [7, 11) is 0. The number of fused-ring (bicyclic) bond motifs is 1. The van der Waals surface area contributed by atoms with Crippen molar-refractivity contribution in [2.45, 2.75) is 31.0 Å². The maximum Gasteiger partial charge on any atom is 0.281 e. The number of halogens is 4. The van der Waals surface area contributed by atoms with E-state index in [-0.39, 0.29) is 48.3 Å². The number of benzene rings is 1. The van der Waals surface area contributed by atoms with Crippen LogP contribution in [0.15, 0.2) is 35.6 Å². The highest BCUT2D eigenvalue weighted by atomic mass is 19.3. The van der Waals surface area contributed by atoms with Crippen LogP contribution in [0.4, 0.5) is 23.2 Å². The third-order valence-corrected chi connectivity index (χ3v) is 5.64. The number of nitrogens with two attached hydrogens (primary N) is 1. The summed E-state index contributed by atoms with van der Waals surface area (Å²) in [4.78, 5) is 23.9. The molecule has 0 radical (unpaired) electrons. The Morgan fingerprint density at radius 2 is 2.06 bits per heavy atom. The van der Waals surface area contributed by atoms with Crippen LogP contribution in [-0.4, -0.2) is 40.6 Å². The average molecular weight is 437 g/mol. The zero-order valence-electron chi connectivity index (χ0n) is 16.4. The first kappa shape index (κ1) is 21.2. The van der Waals surface area contributed by atoms with Gasteiger partial charge in [0.15, 0.2) is 5.67 Å². The Morgan fingerprint density at radius 1 is 1.29 bits per heavy atom. The van der Waals surface area contributed by atoms with E-state index >= 15 is 4.39 Å². The van der Waals surface area contributed by atoms with Crippen LogP contribution in [-0.2, 0) is 10.3 Å². The molecule has 2 aliphatic heterocycles. The van der Waals surface area contributed by atoms with Gasteiger partial charge in [0.25, 0.3) is 12.3 Å². The highest BCUT2D eigenvalue weighted by Gasteiger charge is 2.62. The number of amides is 1. The van der Waals surface area contributed by atoms with Crippen LogP contribution < -0.4 is 11.1 Å². The van der Waals surface area contributed by atoms with Crippen molar-refractivity contribution in [2.24, 2.45) is 16.6 Å². The van der Waals surface area contributed by atoms with E-state index in [9.17, 15) is 18.0 Å². The van der Waals surface area contributed by atoms with E-state index in [1.165, 1.54) is 12.1 Å². The van der Waals surface area contributed by atoms with Crippen LogP contribution in [0, 0.1) is 11.7 Å². The first-order valence-electron chi connectivity index (χ1n) is 9.48. The Balaban J connectivity index is 1.67. The minimum absolute atomic E-state index is 0.0183. The highest BCUT2D eigenvalue weighted by Crippen LogP contribution is 2.51. The van der Waals surface area contributed by atoms with Crippen molar-refractivity contribution in [3.63, 3.8) is 0 Å². The van der Waals surface area contributed by atoms with E-state index < -0.39 is 35.1 Å². The molecule has 2 aliphatic rings. The molecule has 164 valence electrons. The molecule has 3 atom stereocenters. The topological polar surface area (TPSA) is 102 Å². The highest BCUT2D eigenvalue weighted by molar-refractivity contribution is 6.02. The molecule has 1 aromatic carbocycles. The van der Waals surface area contributed by atoms with Crippen LogP contribution in [0.3, 0.4) is 0 Å². The number of nitrogens with zero attached hydrogens (tertiary/aromatic N) is 3. The van der Waals surface area contributed by atoms with Gasteiger partial charge in [-0.1, -0.05) is 6.92 Å². The Labute approximate surface area is 174 Å². The van der Waals surface area contributed by atoms with Gasteiger partial charge in [-0.2, -0.15) is 0 Å². The molecule has 4 rings (SSSR count). The molecule has 1 saturated heterocycles. The van der Waals surface area contributed by atoms with E-state index in [2.05, 4.69) is 20.3 Å². The van der Waals surface area contributed by atoms with Gasteiger partial charge >= 0.3 is 0 Å². The van der Waals surface area contributed by atoms with E-state index in [1.807, 2.05) is 0 Å². The lowest BCUT2D eigenvalue weighted by atomic mass is 9.71. The van der Waals surface area contributed by atoms with E-state index in [0.717, 1.165) is 18.5 Å². The number of anilines is 1. The van der Waals surface area contributed by atoms with Crippen molar-refractivity contribution in [1.29, 1.82) is 0 Å². The minimum atomic E-state index is -2.82. The number of ether oxygens (including phenoxy) is 1. The fourth-order valence-electron chi connectivity index (χ4n) is 3.95. The minimum Gasteiger partial charge on any atom is -0.387 e. The van der Waals surface area contributed by atoms with Gasteiger partial charge in [0.05, 0.1) is 31.4 Å². The number of amidine groups is 1. The summed E-state index contributed by atoms with van der Waals surface area (Å²) in [6.07, 6.45) is -1.10. The van der Waals surface area contributed by atoms with Crippen LogP contribution >= 0.6 is 0 Å². The molecular weight excluding hydrogens is 418 g/mol. The molecule has 11 heteroatoms. The molecule has 2 aromatic rings. The maximum absolute atomic E-state index is 15.8. The molecule has 0 spiro atoms. The molecule has 1 fully saturated rings. The zero-order chi connectivity index (χ0) is 22.4. The van der Waals surface area contributed by atoms with Crippen LogP contribution in [0.2, 0.25) is 0 Å². The molecular formula is C20H19F4N5O2. The van der Waals surface area contributed by atoms with Gasteiger partial charge in [-0.05, 0) is 24.6 Å². The number of aliphatic imine (C=N–C) groups is 1. The van der Waals surface area contributed by atoms with Crippen LogP contribution in [0.5, 0.6) is 0 Å². The molecule has 7 nitrogen and oxygen atoms in total. The van der Waals surface area contributed by atoms with Crippen molar-refractivity contribution < 1.29 is 27.1 Å². The molecule has 1 aromatic heterocycles. The van der Waals surface area contributed by atoms with Crippen molar-refractivity contribution in [3.8, 4) is 0 Å². The number of carbonyl (C=O) groups excluding carboxylic acids is 1. The number of alkyl halides is 3. The molecule has 0 saturated carbocycles. The van der Waals surface area contributed by atoms with Gasteiger partial charge in [-0.3, -0.25) is 14.8 Å². The van der Waals surface area contributed by atoms with Gasteiger partial charge in [0, 0.05) is 17.2 Å². The normalized spacial score (nSPS) is 27.7. The quantitative estimate of drug-likeness (QED) is 0.716. The van der Waals surface area contributed by atoms with Gasteiger partial charge in [-0.15, -0.1) is 0 Å². The first-order chi connectivity index (χ1) is 14.6. The fraction of sp³-hybridized carbons (Fsp3) is 0.400. The summed E-state index contributed by atoms with van der Waals surface area (Å²) >= 11 is 0.